The summed E-state index contributed by atoms with van der Waals surface area (Å²) in [4.78, 5) is -0.514. The lowest BCUT2D eigenvalue weighted by Gasteiger charge is -2.01. The van der Waals surface area contributed by atoms with E-state index in [0.29, 0.717) is 5.75 Å². The molecule has 0 aromatic heterocycles. The summed E-state index contributed by atoms with van der Waals surface area (Å²) in [6.45, 7) is 0.272. The van der Waals surface area contributed by atoms with Gasteiger partial charge in [0.1, 0.15) is 4.84 Å². The highest BCUT2D eigenvalue weighted by Crippen LogP contribution is 2.36. The molecule has 64 valence electrons. The van der Waals surface area contributed by atoms with E-state index in [2.05, 4.69) is 0 Å². The van der Waals surface area contributed by atoms with Crippen LogP contribution in [-0.2, 0) is 0 Å². The Labute approximate surface area is 80.0 Å². The Morgan fingerprint density at radius 3 is 2.67 bits per heavy atom. The van der Waals surface area contributed by atoms with Crippen LogP contribution in [0.25, 0.3) is 0 Å². The number of alkyl halides is 2. The molecule has 1 heterocycles. The molecule has 0 atom stereocenters. The number of rotatable bonds is 1. The van der Waals surface area contributed by atoms with E-state index in [-0.39, 0.29) is 6.79 Å². The second-order valence-electron chi connectivity index (χ2n) is 2.41. The van der Waals surface area contributed by atoms with Crippen LogP contribution in [0.5, 0.6) is 11.5 Å². The summed E-state index contributed by atoms with van der Waals surface area (Å²) in [5.74, 6) is 1.45. The molecule has 0 unspecified atom stereocenters. The van der Waals surface area contributed by atoms with Crippen LogP contribution in [0.3, 0.4) is 0 Å². The third-order valence-electron chi connectivity index (χ3n) is 1.65. The van der Waals surface area contributed by atoms with Gasteiger partial charge in [0.2, 0.25) is 6.79 Å². The first-order valence-corrected chi connectivity index (χ1v) is 4.32. The Kier molecular flexibility index (Phi) is 2.03. The Bertz CT molecular complexity index is 299. The summed E-state index contributed by atoms with van der Waals surface area (Å²) in [6.07, 6.45) is 0. The molecule has 0 amide bonds. The van der Waals surface area contributed by atoms with E-state index >= 15 is 0 Å². The Morgan fingerprint density at radius 1 is 1.17 bits per heavy atom. The van der Waals surface area contributed by atoms with Crippen molar-refractivity contribution >= 4 is 23.2 Å². The van der Waals surface area contributed by atoms with Gasteiger partial charge in [-0.05, 0) is 17.7 Å². The zero-order chi connectivity index (χ0) is 8.55. The van der Waals surface area contributed by atoms with Crippen LogP contribution >= 0.6 is 23.2 Å². The van der Waals surface area contributed by atoms with Crippen molar-refractivity contribution in [1.82, 2.24) is 0 Å². The summed E-state index contributed by atoms with van der Waals surface area (Å²) in [6, 6.07) is 5.40. The monoisotopic (exact) mass is 204 g/mol. The van der Waals surface area contributed by atoms with Gasteiger partial charge in [0, 0.05) is 0 Å². The predicted molar refractivity (Wildman–Crippen MR) is 47.0 cm³/mol. The van der Waals surface area contributed by atoms with Crippen molar-refractivity contribution in [2.75, 3.05) is 6.79 Å². The molecule has 0 aliphatic carbocycles. The minimum Gasteiger partial charge on any atom is -0.454 e. The fourth-order valence-corrected chi connectivity index (χ4v) is 1.32. The van der Waals surface area contributed by atoms with Crippen LogP contribution in [0.15, 0.2) is 18.2 Å². The van der Waals surface area contributed by atoms with E-state index in [1.807, 2.05) is 6.07 Å². The molecule has 1 aromatic carbocycles. The molecule has 4 heteroatoms. The number of halogens is 2. The molecule has 0 saturated carbocycles. The largest absolute Gasteiger partial charge is 0.454 e. The quantitative estimate of drug-likeness (QED) is 0.656. The molecule has 0 N–H and O–H groups in total. The van der Waals surface area contributed by atoms with Crippen molar-refractivity contribution < 1.29 is 9.47 Å². The molecule has 12 heavy (non-hydrogen) atoms. The fourth-order valence-electron chi connectivity index (χ4n) is 1.05. The Morgan fingerprint density at radius 2 is 1.92 bits per heavy atom. The molecular formula is C8H6Cl2O2. The number of hydrogen-bond donors (Lipinski definition) is 0. The van der Waals surface area contributed by atoms with Crippen LogP contribution in [0.2, 0.25) is 0 Å². The van der Waals surface area contributed by atoms with Gasteiger partial charge in [-0.1, -0.05) is 6.07 Å². The smallest absolute Gasteiger partial charge is 0.231 e. The first-order chi connectivity index (χ1) is 5.77. The minimum atomic E-state index is -0.514. The van der Waals surface area contributed by atoms with Gasteiger partial charge in [-0.2, -0.15) is 0 Å². The highest BCUT2D eigenvalue weighted by molar-refractivity contribution is 6.44. The Hall–Kier alpha value is -0.600. The fraction of sp³-hybridized carbons (Fsp3) is 0.250. The molecule has 0 fully saturated rings. The lowest BCUT2D eigenvalue weighted by atomic mass is 10.2. The average Bonchev–Trinajstić information content (AvgIpc) is 2.49. The van der Waals surface area contributed by atoms with E-state index in [1.165, 1.54) is 0 Å². The Balaban J connectivity index is 2.39. The van der Waals surface area contributed by atoms with E-state index in [4.69, 9.17) is 32.7 Å². The first-order valence-electron chi connectivity index (χ1n) is 3.45. The predicted octanol–water partition coefficient (Wildman–Crippen LogP) is 2.89. The second-order valence-corrected chi connectivity index (χ2v) is 3.51. The average molecular weight is 205 g/mol. The maximum atomic E-state index is 5.67. The summed E-state index contributed by atoms with van der Waals surface area (Å²) in [5.41, 5.74) is 0.822. The standard InChI is InChI=1S/C8H6Cl2O2/c9-8(10)5-1-2-6-7(3-5)12-4-11-6/h1-3,8H,4H2. The molecule has 2 rings (SSSR count). The highest BCUT2D eigenvalue weighted by Gasteiger charge is 2.14. The number of fused-ring (bicyclic) bond motifs is 1. The molecule has 0 bridgehead atoms. The molecule has 1 aliphatic heterocycles. The first kappa shape index (κ1) is 8.02. The van der Waals surface area contributed by atoms with Crippen LogP contribution in [0, 0.1) is 0 Å². The van der Waals surface area contributed by atoms with E-state index < -0.39 is 4.84 Å². The molecule has 1 aromatic rings. The zero-order valence-electron chi connectivity index (χ0n) is 6.09. The lowest BCUT2D eigenvalue weighted by molar-refractivity contribution is 0.174. The van der Waals surface area contributed by atoms with Crippen molar-refractivity contribution in [3.8, 4) is 11.5 Å². The van der Waals surface area contributed by atoms with Gasteiger partial charge in [0.25, 0.3) is 0 Å². The molecule has 0 saturated heterocycles. The SMILES string of the molecule is ClC(Cl)c1ccc2c(c1)OCO2. The molecule has 0 spiro atoms. The van der Waals surface area contributed by atoms with Gasteiger partial charge in [-0.25, -0.2) is 0 Å². The third kappa shape index (κ3) is 1.32. The van der Waals surface area contributed by atoms with Gasteiger partial charge < -0.3 is 9.47 Å². The summed E-state index contributed by atoms with van der Waals surface area (Å²) >= 11 is 11.3. The lowest BCUT2D eigenvalue weighted by Crippen LogP contribution is -1.92. The third-order valence-corrected chi connectivity index (χ3v) is 2.15. The van der Waals surface area contributed by atoms with Crippen LogP contribution in [0.4, 0.5) is 0 Å². The van der Waals surface area contributed by atoms with Gasteiger partial charge in [0.05, 0.1) is 0 Å². The maximum absolute atomic E-state index is 5.67. The maximum Gasteiger partial charge on any atom is 0.231 e. The summed E-state index contributed by atoms with van der Waals surface area (Å²) in [7, 11) is 0. The van der Waals surface area contributed by atoms with Crippen molar-refractivity contribution in [3.63, 3.8) is 0 Å². The summed E-state index contributed by atoms with van der Waals surface area (Å²) in [5, 5.41) is 0. The van der Waals surface area contributed by atoms with E-state index in [9.17, 15) is 0 Å². The molecule has 1 aliphatic rings. The topological polar surface area (TPSA) is 18.5 Å². The van der Waals surface area contributed by atoms with E-state index in [1.54, 1.807) is 12.1 Å². The van der Waals surface area contributed by atoms with Crippen LogP contribution in [0.1, 0.15) is 10.4 Å². The van der Waals surface area contributed by atoms with Crippen molar-refractivity contribution in [1.29, 1.82) is 0 Å². The zero-order valence-corrected chi connectivity index (χ0v) is 7.60. The minimum absolute atomic E-state index is 0.272. The molecular weight excluding hydrogens is 199 g/mol. The summed E-state index contributed by atoms with van der Waals surface area (Å²) < 4.78 is 10.3. The number of ether oxygens (including phenoxy) is 2. The van der Waals surface area contributed by atoms with Crippen molar-refractivity contribution in [2.45, 2.75) is 4.84 Å². The van der Waals surface area contributed by atoms with Crippen LogP contribution in [-0.4, -0.2) is 6.79 Å². The highest BCUT2D eigenvalue weighted by atomic mass is 35.5. The molecule has 0 radical (unpaired) electrons. The van der Waals surface area contributed by atoms with Gasteiger partial charge >= 0.3 is 0 Å². The second kappa shape index (κ2) is 3.04. The number of benzene rings is 1. The molecule has 2 nitrogen and oxygen atoms in total. The normalized spacial score (nSPS) is 13.9. The van der Waals surface area contributed by atoms with Gasteiger partial charge in [0.15, 0.2) is 11.5 Å². The number of hydrogen-bond acceptors (Lipinski definition) is 2. The van der Waals surface area contributed by atoms with Gasteiger partial charge in [-0.15, -0.1) is 23.2 Å². The van der Waals surface area contributed by atoms with E-state index in [0.717, 1.165) is 11.3 Å². The van der Waals surface area contributed by atoms with Gasteiger partial charge in [-0.3, -0.25) is 0 Å². The van der Waals surface area contributed by atoms with Crippen molar-refractivity contribution in [2.24, 2.45) is 0 Å². The van der Waals surface area contributed by atoms with Crippen LogP contribution < -0.4 is 9.47 Å². The van der Waals surface area contributed by atoms with Crippen molar-refractivity contribution in [3.05, 3.63) is 23.8 Å².